The second-order valence-corrected chi connectivity index (χ2v) is 1.61. The van der Waals surface area contributed by atoms with Crippen LogP contribution in [0.4, 0.5) is 11.5 Å². The quantitative estimate of drug-likeness (QED) is 0.360. The topological polar surface area (TPSA) is 87.7 Å². The fourth-order valence-corrected chi connectivity index (χ4v) is 0.535. The van der Waals surface area contributed by atoms with Crippen LogP contribution in [0, 0.1) is 0 Å². The summed E-state index contributed by atoms with van der Waals surface area (Å²) in [4.78, 5) is 6.27. The van der Waals surface area contributed by atoms with Gasteiger partial charge in [-0.2, -0.15) is 0 Å². The first-order chi connectivity index (χ1) is 4.84. The summed E-state index contributed by atoms with van der Waals surface area (Å²) in [6, 6.07) is 3.29. The van der Waals surface area contributed by atoms with Crippen LogP contribution in [0.3, 0.4) is 0 Å². The Kier molecular flexibility index (Phi) is 1.72. The highest BCUT2D eigenvalue weighted by Gasteiger charge is 1.92. The fraction of sp³-hybridized carbons (Fsp3) is 0. The van der Waals surface area contributed by atoms with Gasteiger partial charge in [0.1, 0.15) is 5.82 Å². The predicted octanol–water partition coefficient (Wildman–Crippen LogP) is 1.61. The molecule has 1 aromatic rings. The number of rotatable bonds is 1. The Balaban J connectivity index is 3.14. The SMILES string of the molecule is [N-]=[N+]=Nc1ncccc1N. The Bertz CT molecular complexity index is 275. The van der Waals surface area contributed by atoms with Crippen LogP contribution in [0.15, 0.2) is 23.4 Å². The van der Waals surface area contributed by atoms with Crippen molar-refractivity contribution < 1.29 is 0 Å². The van der Waals surface area contributed by atoms with Gasteiger partial charge in [-0.25, -0.2) is 0 Å². The summed E-state index contributed by atoms with van der Waals surface area (Å²) in [5.41, 5.74) is 13.8. The lowest BCUT2D eigenvalue weighted by Crippen LogP contribution is -1.85. The molecule has 0 aliphatic rings. The second-order valence-electron chi connectivity index (χ2n) is 1.61. The maximum Gasteiger partial charge on any atom is 0.149 e. The Hall–Kier alpha value is -1.74. The number of nitrogens with two attached hydrogens (primary N) is 1. The number of pyridine rings is 1. The molecule has 0 aromatic carbocycles. The first-order valence-electron chi connectivity index (χ1n) is 2.60. The normalized spacial score (nSPS) is 8.40. The molecule has 5 heteroatoms. The third-order valence-electron chi connectivity index (χ3n) is 0.956. The van der Waals surface area contributed by atoms with Crippen LogP contribution >= 0.6 is 0 Å². The van der Waals surface area contributed by atoms with Crippen molar-refractivity contribution in [1.82, 2.24) is 4.98 Å². The molecule has 10 heavy (non-hydrogen) atoms. The lowest BCUT2D eigenvalue weighted by molar-refractivity contribution is 1.26. The molecule has 0 aliphatic carbocycles. The molecule has 50 valence electrons. The van der Waals surface area contributed by atoms with Gasteiger partial charge < -0.3 is 5.73 Å². The zero-order chi connectivity index (χ0) is 7.40. The summed E-state index contributed by atoms with van der Waals surface area (Å²) >= 11 is 0. The highest BCUT2D eigenvalue weighted by atomic mass is 15.2. The maximum absolute atomic E-state index is 8.01. The molecule has 0 spiro atoms. The number of anilines is 1. The van der Waals surface area contributed by atoms with Crippen molar-refractivity contribution >= 4 is 11.5 Å². The van der Waals surface area contributed by atoms with E-state index in [2.05, 4.69) is 15.0 Å². The van der Waals surface area contributed by atoms with Gasteiger partial charge in [0.05, 0.1) is 5.69 Å². The lowest BCUT2D eigenvalue weighted by Gasteiger charge is -1.92. The molecule has 2 N–H and O–H groups in total. The largest absolute Gasteiger partial charge is 0.397 e. The molecule has 0 unspecified atom stereocenters. The molecule has 0 bridgehead atoms. The molecule has 1 rings (SSSR count). The van der Waals surface area contributed by atoms with Crippen molar-refractivity contribution in [1.29, 1.82) is 0 Å². The van der Waals surface area contributed by atoms with Gasteiger partial charge in [0, 0.05) is 11.1 Å². The van der Waals surface area contributed by atoms with Crippen LogP contribution in [0.5, 0.6) is 0 Å². The third-order valence-corrected chi connectivity index (χ3v) is 0.956. The highest BCUT2D eigenvalue weighted by molar-refractivity contribution is 5.56. The van der Waals surface area contributed by atoms with E-state index in [0.717, 1.165) is 0 Å². The van der Waals surface area contributed by atoms with Crippen LogP contribution in [0.1, 0.15) is 0 Å². The average Bonchev–Trinajstić information content (AvgIpc) is 1.94. The molecular formula is C5H5N5. The summed E-state index contributed by atoms with van der Waals surface area (Å²) < 4.78 is 0. The zero-order valence-corrected chi connectivity index (χ0v) is 5.10. The van der Waals surface area contributed by atoms with Gasteiger partial charge in [-0.15, -0.1) is 0 Å². The molecule has 0 radical (unpaired) electrons. The Morgan fingerprint density at radius 2 is 2.50 bits per heavy atom. The number of hydrogen-bond acceptors (Lipinski definition) is 3. The van der Waals surface area contributed by atoms with Crippen molar-refractivity contribution in [3.8, 4) is 0 Å². The summed E-state index contributed by atoms with van der Waals surface area (Å²) in [6.45, 7) is 0. The molecule has 0 saturated carbocycles. The van der Waals surface area contributed by atoms with E-state index in [1.807, 2.05) is 0 Å². The number of nitrogen functional groups attached to an aromatic ring is 1. The number of azide groups is 1. The van der Waals surface area contributed by atoms with E-state index < -0.39 is 0 Å². The van der Waals surface area contributed by atoms with Gasteiger partial charge in [0.25, 0.3) is 0 Å². The number of nitrogens with zero attached hydrogens (tertiary/aromatic N) is 4. The van der Waals surface area contributed by atoms with Crippen molar-refractivity contribution in [2.75, 3.05) is 5.73 Å². The molecule has 1 heterocycles. The molecule has 0 amide bonds. The molecule has 0 aliphatic heterocycles. The smallest absolute Gasteiger partial charge is 0.149 e. The van der Waals surface area contributed by atoms with E-state index in [1.54, 1.807) is 12.1 Å². The minimum Gasteiger partial charge on any atom is -0.397 e. The van der Waals surface area contributed by atoms with Crippen molar-refractivity contribution in [2.45, 2.75) is 0 Å². The maximum atomic E-state index is 8.01. The Morgan fingerprint density at radius 3 is 3.10 bits per heavy atom. The average molecular weight is 135 g/mol. The monoisotopic (exact) mass is 135 g/mol. The van der Waals surface area contributed by atoms with E-state index in [0.29, 0.717) is 5.69 Å². The van der Waals surface area contributed by atoms with E-state index in [-0.39, 0.29) is 5.82 Å². The van der Waals surface area contributed by atoms with Gasteiger partial charge in [0.15, 0.2) is 0 Å². The van der Waals surface area contributed by atoms with Crippen LogP contribution in [-0.2, 0) is 0 Å². The zero-order valence-electron chi connectivity index (χ0n) is 5.10. The van der Waals surface area contributed by atoms with Crippen LogP contribution in [0.2, 0.25) is 0 Å². The number of hydrogen-bond donors (Lipinski definition) is 1. The predicted molar refractivity (Wildman–Crippen MR) is 37.5 cm³/mol. The molecule has 5 nitrogen and oxygen atoms in total. The second kappa shape index (κ2) is 2.70. The summed E-state index contributed by atoms with van der Waals surface area (Å²) in [5.74, 6) is 0.227. The molecule has 0 saturated heterocycles. The standard InChI is InChI=1S/C5H5N5/c6-4-2-1-3-8-5(4)9-10-7/h1-3H,6H2. The van der Waals surface area contributed by atoms with Crippen molar-refractivity contribution in [3.05, 3.63) is 28.8 Å². The Labute approximate surface area is 57.1 Å². The van der Waals surface area contributed by atoms with Crippen LogP contribution in [-0.4, -0.2) is 4.98 Å². The summed E-state index contributed by atoms with van der Waals surface area (Å²) in [6.07, 6.45) is 1.51. The highest BCUT2D eigenvalue weighted by Crippen LogP contribution is 2.16. The summed E-state index contributed by atoms with van der Waals surface area (Å²) in [7, 11) is 0. The van der Waals surface area contributed by atoms with Gasteiger partial charge in [0.2, 0.25) is 0 Å². The third kappa shape index (κ3) is 1.15. The first kappa shape index (κ1) is 6.38. The molecular weight excluding hydrogens is 130 g/mol. The van der Waals surface area contributed by atoms with Gasteiger partial charge >= 0.3 is 0 Å². The van der Waals surface area contributed by atoms with E-state index in [4.69, 9.17) is 11.3 Å². The minimum atomic E-state index is 0.227. The molecule has 1 aromatic heterocycles. The van der Waals surface area contributed by atoms with E-state index in [1.165, 1.54) is 6.20 Å². The Morgan fingerprint density at radius 1 is 1.70 bits per heavy atom. The van der Waals surface area contributed by atoms with Crippen LogP contribution in [0.25, 0.3) is 10.4 Å². The molecule has 0 fully saturated rings. The van der Waals surface area contributed by atoms with E-state index in [9.17, 15) is 0 Å². The van der Waals surface area contributed by atoms with Crippen LogP contribution < -0.4 is 5.73 Å². The number of aromatic nitrogens is 1. The lowest BCUT2D eigenvalue weighted by atomic mass is 10.4. The van der Waals surface area contributed by atoms with Gasteiger partial charge in [-0.1, -0.05) is 0 Å². The van der Waals surface area contributed by atoms with Gasteiger partial charge in [-0.05, 0) is 22.8 Å². The fourth-order valence-electron chi connectivity index (χ4n) is 0.535. The molecule has 0 atom stereocenters. The van der Waals surface area contributed by atoms with Gasteiger partial charge in [-0.3, -0.25) is 4.98 Å². The summed E-state index contributed by atoms with van der Waals surface area (Å²) in [5, 5.41) is 3.25. The minimum absolute atomic E-state index is 0.227. The van der Waals surface area contributed by atoms with Crippen molar-refractivity contribution in [3.63, 3.8) is 0 Å². The first-order valence-corrected chi connectivity index (χ1v) is 2.60. The van der Waals surface area contributed by atoms with E-state index >= 15 is 0 Å². The van der Waals surface area contributed by atoms with Crippen molar-refractivity contribution in [2.24, 2.45) is 5.11 Å².